The van der Waals surface area contributed by atoms with Gasteiger partial charge in [0.05, 0.1) is 0 Å². The summed E-state index contributed by atoms with van der Waals surface area (Å²) in [6.07, 6.45) is 0. The van der Waals surface area contributed by atoms with Crippen LogP contribution in [0.25, 0.3) is 0 Å². The Bertz CT molecular complexity index is 8.00. The van der Waals surface area contributed by atoms with Crippen molar-refractivity contribution in [2.75, 3.05) is 0 Å². The Morgan fingerprint density at radius 2 is 1.00 bits per heavy atom. The summed E-state index contributed by atoms with van der Waals surface area (Å²) < 4.78 is 0. The average molecular weight is 495 g/mol. The first-order valence-electron chi connectivity index (χ1n) is 0. The van der Waals surface area contributed by atoms with Crippen molar-refractivity contribution in [1.29, 1.82) is 0 Å². The summed E-state index contributed by atoms with van der Waals surface area (Å²) in [5.74, 6) is 0. The van der Waals surface area contributed by atoms with Crippen LogP contribution in [-0.4, -0.2) is 97.8 Å². The van der Waals surface area contributed by atoms with Crippen molar-refractivity contribution in [3.8, 4) is 0 Å². The molecule has 0 saturated carbocycles. The van der Waals surface area contributed by atoms with Crippen molar-refractivity contribution in [2.45, 2.75) is 0 Å². The molecule has 0 aromatic heterocycles. The maximum atomic E-state index is 0. The molecule has 30 valence electrons. The Kier molecular flexibility index (Phi) is 109. The summed E-state index contributed by atoms with van der Waals surface area (Å²) in [7, 11) is 0. The minimum atomic E-state index is 0. The molecule has 4 heteroatoms. The van der Waals surface area contributed by atoms with Crippen molar-refractivity contribution < 1.29 is 0 Å². The molecule has 0 radical (unpaired) electrons. The molecule has 0 N–H and O–H groups in total. The van der Waals surface area contributed by atoms with E-state index in [1.807, 2.05) is 0 Å². The van der Waals surface area contributed by atoms with E-state index in [-0.39, 0.29) is 97.8 Å². The molecule has 0 fully saturated rings. The van der Waals surface area contributed by atoms with Crippen LogP contribution < -0.4 is 0 Å². The molecule has 0 saturated heterocycles. The van der Waals surface area contributed by atoms with Gasteiger partial charge in [0.25, 0.3) is 0 Å². The van der Waals surface area contributed by atoms with Gasteiger partial charge >= 0.3 is 97.8 Å². The number of rotatable bonds is 0. The van der Waals surface area contributed by atoms with Crippen LogP contribution in [0.15, 0.2) is 0 Å². The third-order valence-corrected chi connectivity index (χ3v) is 0. The first kappa shape index (κ1) is 26.7. The molecule has 0 nitrogen and oxygen atoms in total. The first-order valence-corrected chi connectivity index (χ1v) is 0. The SMILES string of the molecule is [InH3].[SbH3].[SnH4].[TeH2]. The molecule has 0 unspecified atom stereocenters. The van der Waals surface area contributed by atoms with Crippen molar-refractivity contribution >= 4 is 97.8 Å². The van der Waals surface area contributed by atoms with Gasteiger partial charge in [0.1, 0.15) is 0 Å². The zero-order valence-electron chi connectivity index (χ0n) is 1.21. The number of hydrogen-bond acceptors (Lipinski definition) is 0. The van der Waals surface area contributed by atoms with Gasteiger partial charge in [-0.1, -0.05) is 0 Å². The number of hydrogen-bond donors (Lipinski definition) is 0. The van der Waals surface area contributed by atoms with Gasteiger partial charge in [-0.15, -0.1) is 0 Å². The zero-order chi connectivity index (χ0) is 0. The van der Waals surface area contributed by atoms with Crippen LogP contribution in [0.4, 0.5) is 0 Å². The van der Waals surface area contributed by atoms with Gasteiger partial charge in [0, 0.05) is 0 Å². The van der Waals surface area contributed by atoms with Crippen LogP contribution in [0, 0.1) is 0 Å². The molecule has 4 heavy (non-hydrogen) atoms. The van der Waals surface area contributed by atoms with Gasteiger partial charge in [-0.25, -0.2) is 0 Å². The molecule has 0 spiro atoms. The normalized spacial score (nSPS) is 0. The van der Waals surface area contributed by atoms with Gasteiger partial charge in [0.15, 0.2) is 0 Å². The fraction of sp³-hybridized carbons (Fsp3) is 0. The second-order valence-corrected chi connectivity index (χ2v) is 0. The van der Waals surface area contributed by atoms with E-state index >= 15 is 0 Å². The predicted molar refractivity (Wildman–Crippen MR) is 39.8 cm³/mol. The zero-order valence-corrected chi connectivity index (χ0v) is 8.10. The second kappa shape index (κ2) is 16.3. The average Bonchev–Trinajstić information content (AvgIpc) is 0. The molecule has 0 rings (SSSR count). The van der Waals surface area contributed by atoms with Crippen LogP contribution in [0.1, 0.15) is 0 Å². The molecule has 0 bridgehead atoms. The molecule has 0 aromatic carbocycles. The molecule has 0 aliphatic carbocycles. The summed E-state index contributed by atoms with van der Waals surface area (Å²) in [6.45, 7) is 0. The Morgan fingerprint density at radius 1 is 1.00 bits per heavy atom. The van der Waals surface area contributed by atoms with Gasteiger partial charge in [-0.05, 0) is 0 Å². The van der Waals surface area contributed by atoms with Gasteiger partial charge in [0.2, 0.25) is 0 Å². The van der Waals surface area contributed by atoms with E-state index in [0.29, 0.717) is 0 Å². The Morgan fingerprint density at radius 3 is 1.00 bits per heavy atom. The molecular weight excluding hydrogens is 483 g/mol. The van der Waals surface area contributed by atoms with Crippen molar-refractivity contribution in [1.82, 2.24) is 0 Å². The van der Waals surface area contributed by atoms with Crippen molar-refractivity contribution in [3.05, 3.63) is 0 Å². The summed E-state index contributed by atoms with van der Waals surface area (Å²) in [6, 6.07) is 0. The Labute approximate surface area is 95.8 Å². The van der Waals surface area contributed by atoms with Gasteiger partial charge < -0.3 is 0 Å². The van der Waals surface area contributed by atoms with E-state index in [1.54, 1.807) is 0 Å². The summed E-state index contributed by atoms with van der Waals surface area (Å²) in [5.41, 5.74) is 0. The molecule has 0 aromatic rings. The summed E-state index contributed by atoms with van der Waals surface area (Å²) in [5, 5.41) is 0. The van der Waals surface area contributed by atoms with Crippen LogP contribution in [-0.2, 0) is 0 Å². The first-order chi connectivity index (χ1) is 0. The monoisotopic (exact) mass is 498 g/mol. The van der Waals surface area contributed by atoms with Crippen LogP contribution in [0.5, 0.6) is 0 Å². The molecular formula is H12InSbSnTe. The fourth-order valence-electron chi connectivity index (χ4n) is 0. The minimum absolute atomic E-state index is 0. The topological polar surface area (TPSA) is 0 Å². The van der Waals surface area contributed by atoms with E-state index in [1.165, 1.54) is 0 Å². The third kappa shape index (κ3) is 8.99. The van der Waals surface area contributed by atoms with Crippen molar-refractivity contribution in [2.24, 2.45) is 0 Å². The molecule has 0 heterocycles. The van der Waals surface area contributed by atoms with Crippen LogP contribution in [0.2, 0.25) is 0 Å². The fourth-order valence-corrected chi connectivity index (χ4v) is 0. The standard InChI is InChI=1S/In.Sb.Sn.H2Te.10H/h;;;1H2;;;;;;;;;;. The summed E-state index contributed by atoms with van der Waals surface area (Å²) in [4.78, 5) is 0. The Hall–Kier alpha value is 3.28. The van der Waals surface area contributed by atoms with E-state index in [2.05, 4.69) is 0 Å². The van der Waals surface area contributed by atoms with E-state index in [9.17, 15) is 0 Å². The maximum absolute atomic E-state index is 0. The Balaban J connectivity index is 0. The van der Waals surface area contributed by atoms with Crippen LogP contribution >= 0.6 is 0 Å². The van der Waals surface area contributed by atoms with Gasteiger partial charge in [-0.3, -0.25) is 0 Å². The molecule has 0 aliphatic rings. The van der Waals surface area contributed by atoms with E-state index < -0.39 is 0 Å². The second-order valence-electron chi connectivity index (χ2n) is 0. The third-order valence-electron chi connectivity index (χ3n) is 0. The van der Waals surface area contributed by atoms with E-state index in [0.717, 1.165) is 0 Å². The predicted octanol–water partition coefficient (Wildman–Crippen LogP) is -4.74. The van der Waals surface area contributed by atoms with Gasteiger partial charge in [-0.2, -0.15) is 0 Å². The van der Waals surface area contributed by atoms with E-state index in [4.69, 9.17) is 0 Å². The molecule has 0 atom stereocenters. The van der Waals surface area contributed by atoms with Crippen LogP contribution in [0.3, 0.4) is 0 Å². The molecule has 0 amide bonds. The van der Waals surface area contributed by atoms with Crippen molar-refractivity contribution in [3.63, 3.8) is 0 Å². The molecule has 0 aliphatic heterocycles. The summed E-state index contributed by atoms with van der Waals surface area (Å²) >= 11 is 0. The quantitative estimate of drug-likeness (QED) is 0.297.